The van der Waals surface area contributed by atoms with Gasteiger partial charge in [-0.1, -0.05) is 12.1 Å². The van der Waals surface area contributed by atoms with Crippen LogP contribution in [0.3, 0.4) is 0 Å². The summed E-state index contributed by atoms with van der Waals surface area (Å²) in [5.74, 6) is -1.62. The topological polar surface area (TPSA) is 66.3 Å². The van der Waals surface area contributed by atoms with Crippen LogP contribution in [0.4, 0.5) is 10.1 Å². The Morgan fingerprint density at radius 1 is 1.33 bits per heavy atom. The van der Waals surface area contributed by atoms with Crippen molar-refractivity contribution in [2.75, 3.05) is 11.4 Å². The van der Waals surface area contributed by atoms with E-state index in [9.17, 15) is 9.18 Å². The van der Waals surface area contributed by atoms with Crippen molar-refractivity contribution in [1.82, 2.24) is 9.97 Å². The standard InChI is InChI=1S/C15H14FN3O2/c16-11-4-1-3-10(7-11)13-5-2-6-19(13)12-8-17-14(15(20)21)18-9-12/h1,3-4,7-9,13H,2,5-6H2,(H,20,21)/t13-/m0/s1. The lowest BCUT2D eigenvalue weighted by atomic mass is 10.0. The van der Waals surface area contributed by atoms with Crippen LogP contribution in [0.2, 0.25) is 0 Å². The van der Waals surface area contributed by atoms with Crippen LogP contribution in [-0.2, 0) is 0 Å². The largest absolute Gasteiger partial charge is 0.475 e. The lowest BCUT2D eigenvalue weighted by Gasteiger charge is -2.26. The van der Waals surface area contributed by atoms with E-state index in [2.05, 4.69) is 14.9 Å². The molecule has 0 amide bonds. The molecule has 0 spiro atoms. The van der Waals surface area contributed by atoms with Crippen molar-refractivity contribution < 1.29 is 14.3 Å². The smallest absolute Gasteiger partial charge is 0.373 e. The molecule has 0 aliphatic carbocycles. The third kappa shape index (κ3) is 2.69. The maximum Gasteiger partial charge on any atom is 0.373 e. The summed E-state index contributed by atoms with van der Waals surface area (Å²) in [4.78, 5) is 20.5. The second-order valence-electron chi connectivity index (χ2n) is 4.98. The minimum Gasteiger partial charge on any atom is -0.475 e. The molecule has 5 nitrogen and oxygen atoms in total. The molecule has 6 heteroatoms. The SMILES string of the molecule is O=C(O)c1ncc(N2CCC[C@H]2c2cccc(F)c2)cn1. The molecular weight excluding hydrogens is 273 g/mol. The Bertz CT molecular complexity index is 660. The summed E-state index contributed by atoms with van der Waals surface area (Å²) in [6.07, 6.45) is 4.92. The number of carbonyl (C=O) groups is 1. The van der Waals surface area contributed by atoms with Gasteiger partial charge >= 0.3 is 5.97 Å². The lowest BCUT2D eigenvalue weighted by molar-refractivity contribution is 0.0683. The van der Waals surface area contributed by atoms with Crippen molar-refractivity contribution >= 4 is 11.7 Å². The van der Waals surface area contributed by atoms with Crippen molar-refractivity contribution in [3.05, 3.63) is 53.9 Å². The van der Waals surface area contributed by atoms with E-state index >= 15 is 0 Å². The molecule has 1 aliphatic rings. The molecule has 0 unspecified atom stereocenters. The van der Waals surface area contributed by atoms with E-state index in [1.54, 1.807) is 6.07 Å². The Hall–Kier alpha value is -2.50. The highest BCUT2D eigenvalue weighted by atomic mass is 19.1. The Morgan fingerprint density at radius 3 is 2.76 bits per heavy atom. The monoisotopic (exact) mass is 287 g/mol. The van der Waals surface area contributed by atoms with Gasteiger partial charge in [-0.3, -0.25) is 0 Å². The molecule has 2 heterocycles. The van der Waals surface area contributed by atoms with E-state index in [1.807, 2.05) is 6.07 Å². The average molecular weight is 287 g/mol. The van der Waals surface area contributed by atoms with Gasteiger partial charge in [-0.2, -0.15) is 0 Å². The summed E-state index contributed by atoms with van der Waals surface area (Å²) in [6.45, 7) is 0.816. The minimum absolute atomic E-state index is 0.0694. The van der Waals surface area contributed by atoms with Crippen LogP contribution < -0.4 is 4.90 Å². The lowest BCUT2D eigenvalue weighted by Crippen LogP contribution is -2.23. The molecule has 1 fully saturated rings. The first kappa shape index (κ1) is 13.5. The Balaban J connectivity index is 1.88. The molecule has 1 aliphatic heterocycles. The molecular formula is C15H14FN3O2. The molecule has 2 aromatic rings. The highest BCUT2D eigenvalue weighted by Crippen LogP contribution is 2.35. The first-order valence-electron chi connectivity index (χ1n) is 6.72. The molecule has 0 saturated carbocycles. The van der Waals surface area contributed by atoms with Crippen molar-refractivity contribution in [2.45, 2.75) is 18.9 Å². The molecule has 108 valence electrons. The van der Waals surface area contributed by atoms with Crippen LogP contribution >= 0.6 is 0 Å². The number of hydrogen-bond acceptors (Lipinski definition) is 4. The summed E-state index contributed by atoms with van der Waals surface area (Å²) in [6, 6.07) is 6.63. The number of benzene rings is 1. The fraction of sp³-hybridized carbons (Fsp3) is 0.267. The minimum atomic E-state index is -1.15. The number of rotatable bonds is 3. The molecule has 1 aromatic carbocycles. The van der Waals surface area contributed by atoms with Crippen molar-refractivity contribution in [1.29, 1.82) is 0 Å². The van der Waals surface area contributed by atoms with Crippen LogP contribution in [0.1, 0.15) is 35.1 Å². The molecule has 0 bridgehead atoms. The molecule has 0 radical (unpaired) electrons. The second kappa shape index (κ2) is 5.47. The van der Waals surface area contributed by atoms with Gasteiger partial charge in [0, 0.05) is 6.54 Å². The fourth-order valence-electron chi connectivity index (χ4n) is 2.72. The summed E-state index contributed by atoms with van der Waals surface area (Å²) in [5, 5.41) is 8.82. The summed E-state index contributed by atoms with van der Waals surface area (Å²) in [7, 11) is 0. The number of nitrogens with zero attached hydrogens (tertiary/aromatic N) is 3. The zero-order valence-corrected chi connectivity index (χ0v) is 11.2. The van der Waals surface area contributed by atoms with Gasteiger partial charge in [0.1, 0.15) is 5.82 Å². The number of carboxylic acid groups (broad SMARTS) is 1. The number of hydrogen-bond donors (Lipinski definition) is 1. The van der Waals surface area contributed by atoms with E-state index in [0.29, 0.717) is 0 Å². The quantitative estimate of drug-likeness (QED) is 0.940. The zero-order chi connectivity index (χ0) is 14.8. The number of carboxylic acids is 1. The first-order chi connectivity index (χ1) is 10.1. The Kier molecular flexibility index (Phi) is 3.51. The van der Waals surface area contributed by atoms with Gasteiger partial charge < -0.3 is 10.0 Å². The summed E-state index contributed by atoms with van der Waals surface area (Å²) in [5.41, 5.74) is 1.67. The number of aromatic carboxylic acids is 1. The van der Waals surface area contributed by atoms with Gasteiger partial charge in [-0.25, -0.2) is 19.2 Å². The number of halogens is 1. The van der Waals surface area contributed by atoms with Gasteiger partial charge in [0.25, 0.3) is 0 Å². The molecule has 1 saturated heterocycles. The van der Waals surface area contributed by atoms with Gasteiger partial charge in [0.05, 0.1) is 24.1 Å². The zero-order valence-electron chi connectivity index (χ0n) is 11.2. The van der Waals surface area contributed by atoms with E-state index < -0.39 is 5.97 Å². The maximum absolute atomic E-state index is 13.4. The summed E-state index contributed by atoms with van der Waals surface area (Å²) < 4.78 is 13.4. The molecule has 1 aromatic heterocycles. The van der Waals surface area contributed by atoms with Crippen molar-refractivity contribution in [3.8, 4) is 0 Å². The second-order valence-corrected chi connectivity index (χ2v) is 4.98. The predicted octanol–water partition coefficient (Wildman–Crippen LogP) is 2.66. The highest BCUT2D eigenvalue weighted by molar-refractivity contribution is 5.83. The number of aromatic nitrogens is 2. The molecule has 1 atom stereocenters. The van der Waals surface area contributed by atoms with Gasteiger partial charge in [-0.05, 0) is 30.5 Å². The normalized spacial score (nSPS) is 18.0. The van der Waals surface area contributed by atoms with Crippen molar-refractivity contribution in [3.63, 3.8) is 0 Å². The fourth-order valence-corrected chi connectivity index (χ4v) is 2.72. The molecule has 1 N–H and O–H groups in total. The Morgan fingerprint density at radius 2 is 2.10 bits per heavy atom. The third-order valence-corrected chi connectivity index (χ3v) is 3.65. The highest BCUT2D eigenvalue weighted by Gasteiger charge is 2.27. The van der Waals surface area contributed by atoms with Crippen LogP contribution in [-0.4, -0.2) is 27.6 Å². The predicted molar refractivity (Wildman–Crippen MR) is 74.7 cm³/mol. The molecule has 21 heavy (non-hydrogen) atoms. The van der Waals surface area contributed by atoms with Gasteiger partial charge in [0.15, 0.2) is 0 Å². The van der Waals surface area contributed by atoms with Crippen LogP contribution in [0.25, 0.3) is 0 Å². The summed E-state index contributed by atoms with van der Waals surface area (Å²) >= 11 is 0. The average Bonchev–Trinajstić information content (AvgIpc) is 2.97. The van der Waals surface area contributed by atoms with E-state index in [0.717, 1.165) is 30.6 Å². The Labute approximate surface area is 121 Å². The van der Waals surface area contributed by atoms with Crippen LogP contribution in [0.5, 0.6) is 0 Å². The third-order valence-electron chi connectivity index (χ3n) is 3.65. The van der Waals surface area contributed by atoms with E-state index in [1.165, 1.54) is 24.5 Å². The molecule has 3 rings (SSSR count). The van der Waals surface area contributed by atoms with E-state index in [4.69, 9.17) is 5.11 Å². The number of anilines is 1. The maximum atomic E-state index is 13.4. The van der Waals surface area contributed by atoms with E-state index in [-0.39, 0.29) is 17.7 Å². The van der Waals surface area contributed by atoms with Crippen LogP contribution in [0, 0.1) is 5.82 Å². The van der Waals surface area contributed by atoms with Gasteiger partial charge in [0.2, 0.25) is 5.82 Å². The van der Waals surface area contributed by atoms with Crippen LogP contribution in [0.15, 0.2) is 36.7 Å². The van der Waals surface area contributed by atoms with Crippen molar-refractivity contribution in [2.24, 2.45) is 0 Å². The van der Waals surface area contributed by atoms with Gasteiger partial charge in [-0.15, -0.1) is 0 Å². The first-order valence-corrected chi connectivity index (χ1v) is 6.72.